The lowest BCUT2D eigenvalue weighted by atomic mass is 9.85. The van der Waals surface area contributed by atoms with Crippen LogP contribution < -0.4 is 0 Å². The number of amides is 1. The summed E-state index contributed by atoms with van der Waals surface area (Å²) in [5, 5.41) is 11.7. The van der Waals surface area contributed by atoms with E-state index in [2.05, 4.69) is 25.8 Å². The number of carbonyl (C=O) groups excluding carboxylic acids is 2. The summed E-state index contributed by atoms with van der Waals surface area (Å²) in [4.78, 5) is 32.6. The van der Waals surface area contributed by atoms with Crippen molar-refractivity contribution >= 4 is 22.7 Å². The van der Waals surface area contributed by atoms with E-state index in [0.717, 1.165) is 16.5 Å². The Balaban J connectivity index is 1.51. The highest BCUT2D eigenvalue weighted by atomic mass is 16.3. The summed E-state index contributed by atoms with van der Waals surface area (Å²) in [7, 11) is 0. The van der Waals surface area contributed by atoms with Crippen LogP contribution in [0.25, 0.3) is 11.0 Å². The third kappa shape index (κ3) is 4.33. The Hall–Kier alpha value is -4.13. The van der Waals surface area contributed by atoms with E-state index < -0.39 is 23.5 Å². The zero-order chi connectivity index (χ0) is 25.4. The molecule has 0 saturated heterocycles. The Morgan fingerprint density at radius 2 is 1.83 bits per heavy atom. The Bertz CT molecular complexity index is 1410. The summed E-state index contributed by atoms with van der Waals surface area (Å²) < 4.78 is 7.74. The monoisotopic (exact) mass is 483 g/mol. The number of aliphatic hydroxyl groups is 1. The Labute approximate surface area is 209 Å². The first kappa shape index (κ1) is 23.6. The van der Waals surface area contributed by atoms with Crippen LogP contribution in [0.3, 0.4) is 0 Å². The lowest BCUT2D eigenvalue weighted by Crippen LogP contribution is -2.32. The molecule has 1 unspecified atom stereocenters. The van der Waals surface area contributed by atoms with Crippen LogP contribution in [0.5, 0.6) is 0 Å². The van der Waals surface area contributed by atoms with Gasteiger partial charge in [-0.15, -0.1) is 0 Å². The summed E-state index contributed by atoms with van der Waals surface area (Å²) in [6.07, 6.45) is 5.93. The van der Waals surface area contributed by atoms with Gasteiger partial charge in [-0.25, -0.2) is 4.98 Å². The number of hydrogen-bond donors (Lipinski definition) is 1. The third-order valence-corrected chi connectivity index (χ3v) is 6.66. The second kappa shape index (κ2) is 9.15. The maximum absolute atomic E-state index is 13.7. The lowest BCUT2D eigenvalue weighted by molar-refractivity contribution is -0.129. The van der Waals surface area contributed by atoms with E-state index in [1.54, 1.807) is 29.6 Å². The Kier molecular flexibility index (Phi) is 6.00. The summed E-state index contributed by atoms with van der Waals surface area (Å²) in [5.74, 6) is -1.46. The van der Waals surface area contributed by atoms with Crippen molar-refractivity contribution < 1.29 is 19.1 Å². The van der Waals surface area contributed by atoms with Crippen LogP contribution in [-0.2, 0) is 16.8 Å². The zero-order valence-electron chi connectivity index (χ0n) is 20.6. The van der Waals surface area contributed by atoms with E-state index in [-0.39, 0.29) is 16.7 Å². The largest absolute Gasteiger partial charge is 0.503 e. The van der Waals surface area contributed by atoms with Gasteiger partial charge in [-0.2, -0.15) is 0 Å². The van der Waals surface area contributed by atoms with Gasteiger partial charge < -0.3 is 19.0 Å². The molecule has 1 amide bonds. The molecule has 0 radical (unpaired) electrons. The van der Waals surface area contributed by atoms with Crippen LogP contribution in [-0.4, -0.2) is 37.8 Å². The topological polar surface area (TPSA) is 88.6 Å². The van der Waals surface area contributed by atoms with Gasteiger partial charge in [0.25, 0.3) is 5.91 Å². The second-order valence-electron chi connectivity index (χ2n) is 10.2. The molecule has 2 aromatic heterocycles. The highest BCUT2D eigenvalue weighted by Gasteiger charge is 2.44. The van der Waals surface area contributed by atoms with Crippen molar-refractivity contribution in [3.8, 4) is 0 Å². The van der Waals surface area contributed by atoms with Crippen LogP contribution >= 0.6 is 0 Å². The standard InChI is InChI=1S/C29H29N3O4/c1-29(2,3)21-11-9-19(10-12-21)25-24(26(33)23-17-20-7-4-5-8-22(20)36-23)27(34)28(35)32(25)15-6-14-31-16-13-30-18-31/h4-5,7-13,16-18,25,34H,6,14-15H2,1-3H3. The van der Waals surface area contributed by atoms with E-state index >= 15 is 0 Å². The molecule has 0 aliphatic carbocycles. The molecular weight excluding hydrogens is 454 g/mol. The van der Waals surface area contributed by atoms with Gasteiger partial charge in [-0.05, 0) is 35.1 Å². The zero-order valence-corrected chi connectivity index (χ0v) is 20.6. The molecule has 0 spiro atoms. The van der Waals surface area contributed by atoms with Crippen molar-refractivity contribution in [3.63, 3.8) is 0 Å². The number of imidazole rings is 1. The number of benzene rings is 2. The molecule has 5 rings (SSSR count). The van der Waals surface area contributed by atoms with Gasteiger partial charge in [0.15, 0.2) is 11.5 Å². The van der Waals surface area contributed by atoms with Crippen molar-refractivity contribution in [2.75, 3.05) is 6.54 Å². The summed E-state index contributed by atoms with van der Waals surface area (Å²) in [6.45, 7) is 7.42. The highest BCUT2D eigenvalue weighted by molar-refractivity contribution is 6.16. The van der Waals surface area contributed by atoms with Gasteiger partial charge in [0.2, 0.25) is 5.78 Å². The van der Waals surface area contributed by atoms with Gasteiger partial charge in [0.1, 0.15) is 5.58 Å². The number of carbonyl (C=O) groups is 2. The van der Waals surface area contributed by atoms with E-state index in [9.17, 15) is 14.7 Å². The molecule has 3 heterocycles. The average Bonchev–Trinajstić information content (AvgIpc) is 3.58. The van der Waals surface area contributed by atoms with Gasteiger partial charge >= 0.3 is 0 Å². The van der Waals surface area contributed by atoms with E-state index in [0.29, 0.717) is 25.1 Å². The Morgan fingerprint density at radius 1 is 1.08 bits per heavy atom. The van der Waals surface area contributed by atoms with Crippen molar-refractivity contribution in [3.05, 3.63) is 102 Å². The first-order valence-corrected chi connectivity index (χ1v) is 12.1. The fraction of sp³-hybridized carbons (Fsp3) is 0.276. The molecular formula is C29H29N3O4. The van der Waals surface area contributed by atoms with Gasteiger partial charge in [-0.3, -0.25) is 9.59 Å². The molecule has 7 heteroatoms. The molecule has 2 aromatic carbocycles. The predicted molar refractivity (Wildman–Crippen MR) is 137 cm³/mol. The van der Waals surface area contributed by atoms with Crippen LogP contribution in [0.15, 0.2) is 89.1 Å². The number of aryl methyl sites for hydroxylation is 1. The normalized spacial score (nSPS) is 16.4. The van der Waals surface area contributed by atoms with E-state index in [1.807, 2.05) is 53.2 Å². The van der Waals surface area contributed by atoms with E-state index in [4.69, 9.17) is 4.42 Å². The maximum Gasteiger partial charge on any atom is 0.290 e. The molecule has 1 N–H and O–H groups in total. The van der Waals surface area contributed by atoms with Crippen LogP contribution in [0.1, 0.15) is 54.9 Å². The first-order chi connectivity index (χ1) is 17.2. The minimum atomic E-state index is -0.713. The lowest BCUT2D eigenvalue weighted by Gasteiger charge is -2.27. The smallest absolute Gasteiger partial charge is 0.290 e. The minimum absolute atomic E-state index is 0.0422. The number of furan rings is 1. The van der Waals surface area contributed by atoms with Crippen molar-refractivity contribution in [1.82, 2.24) is 14.5 Å². The number of para-hydroxylation sites is 1. The number of aliphatic hydroxyl groups excluding tert-OH is 1. The van der Waals surface area contributed by atoms with Crippen LogP contribution in [0.4, 0.5) is 0 Å². The SMILES string of the molecule is CC(C)(C)c1ccc(C2C(C(=O)c3cc4ccccc4o3)=C(O)C(=O)N2CCCn2ccnc2)cc1. The van der Waals surface area contributed by atoms with E-state index in [1.165, 1.54) is 0 Å². The molecule has 1 aliphatic rings. The number of nitrogens with zero attached hydrogens (tertiary/aromatic N) is 3. The predicted octanol–water partition coefficient (Wildman–Crippen LogP) is 5.60. The second-order valence-corrected chi connectivity index (χ2v) is 10.2. The number of rotatable bonds is 7. The molecule has 1 atom stereocenters. The number of aromatic nitrogens is 2. The minimum Gasteiger partial charge on any atom is -0.503 e. The van der Waals surface area contributed by atoms with Gasteiger partial charge in [-0.1, -0.05) is 63.2 Å². The molecule has 184 valence electrons. The summed E-state index contributed by atoms with van der Waals surface area (Å²) in [5.41, 5.74) is 2.49. The first-order valence-electron chi connectivity index (χ1n) is 12.1. The molecule has 0 saturated carbocycles. The summed E-state index contributed by atoms with van der Waals surface area (Å²) >= 11 is 0. The van der Waals surface area contributed by atoms with Crippen molar-refractivity contribution in [2.45, 2.75) is 45.2 Å². The van der Waals surface area contributed by atoms with Crippen LogP contribution in [0, 0.1) is 0 Å². The molecule has 0 fully saturated rings. The molecule has 36 heavy (non-hydrogen) atoms. The number of ketones is 1. The molecule has 4 aromatic rings. The Morgan fingerprint density at radius 3 is 2.50 bits per heavy atom. The van der Waals surface area contributed by atoms with Gasteiger partial charge in [0.05, 0.1) is 17.9 Å². The highest BCUT2D eigenvalue weighted by Crippen LogP contribution is 2.40. The number of Topliss-reactive ketones (excluding diaryl/α,β-unsaturated/α-hetero) is 1. The van der Waals surface area contributed by atoms with Crippen LogP contribution in [0.2, 0.25) is 0 Å². The molecule has 0 bridgehead atoms. The molecule has 1 aliphatic heterocycles. The fourth-order valence-electron chi connectivity index (χ4n) is 4.70. The fourth-order valence-corrected chi connectivity index (χ4v) is 4.70. The average molecular weight is 484 g/mol. The number of hydrogen-bond acceptors (Lipinski definition) is 5. The summed E-state index contributed by atoms with van der Waals surface area (Å²) in [6, 6.07) is 16.2. The van der Waals surface area contributed by atoms with Crippen molar-refractivity contribution in [1.29, 1.82) is 0 Å². The molecule has 7 nitrogen and oxygen atoms in total. The quantitative estimate of drug-likeness (QED) is 0.346. The van der Waals surface area contributed by atoms with Gasteiger partial charge in [0, 0.05) is 30.9 Å². The van der Waals surface area contributed by atoms with Crippen molar-refractivity contribution in [2.24, 2.45) is 0 Å². The number of fused-ring (bicyclic) bond motifs is 1. The third-order valence-electron chi connectivity index (χ3n) is 6.66. The maximum atomic E-state index is 13.7.